The Labute approximate surface area is 172 Å². The van der Waals surface area contributed by atoms with Gasteiger partial charge in [-0.15, -0.1) is 0 Å². The van der Waals surface area contributed by atoms with Crippen molar-refractivity contribution in [2.24, 2.45) is 0 Å². The Kier molecular flexibility index (Phi) is 8.64. The maximum Gasteiger partial charge on any atom is 0.123 e. The third-order valence-electron chi connectivity index (χ3n) is 5.23. The van der Waals surface area contributed by atoms with Crippen molar-refractivity contribution in [1.82, 2.24) is 14.4 Å². The summed E-state index contributed by atoms with van der Waals surface area (Å²) in [5, 5.41) is 10.6. The molecular formula is C22H32FN3O3. The fourth-order valence-electron chi connectivity index (χ4n) is 3.66. The van der Waals surface area contributed by atoms with E-state index in [-0.39, 0.29) is 5.82 Å². The number of aliphatic hydroxyl groups is 1. The van der Waals surface area contributed by atoms with Crippen molar-refractivity contribution >= 4 is 0 Å². The van der Waals surface area contributed by atoms with Crippen LogP contribution in [0.1, 0.15) is 11.3 Å². The summed E-state index contributed by atoms with van der Waals surface area (Å²) in [5.41, 5.74) is 2.21. The van der Waals surface area contributed by atoms with Gasteiger partial charge >= 0.3 is 0 Å². The van der Waals surface area contributed by atoms with Crippen LogP contribution in [-0.2, 0) is 22.6 Å². The molecule has 0 unspecified atom stereocenters. The second-order valence-corrected chi connectivity index (χ2v) is 7.55. The summed E-state index contributed by atoms with van der Waals surface area (Å²) in [6.07, 6.45) is 1.61. The van der Waals surface area contributed by atoms with Gasteiger partial charge in [0.15, 0.2) is 0 Å². The first kappa shape index (κ1) is 21.9. The predicted octanol–water partition coefficient (Wildman–Crippen LogP) is 1.82. The van der Waals surface area contributed by atoms with E-state index in [9.17, 15) is 9.50 Å². The number of β-amino-alcohol motifs (C(OH)–C–C–N with tert-alkyl or cyclic N) is 1. The Morgan fingerprint density at radius 3 is 2.69 bits per heavy atom. The number of hydrogen-bond acceptors (Lipinski definition) is 5. The van der Waals surface area contributed by atoms with Gasteiger partial charge < -0.3 is 19.1 Å². The highest BCUT2D eigenvalue weighted by atomic mass is 19.1. The SMILES string of the molecule is COCCN(Cc1cccn1Cc1ccc(F)cc1)C[C@H](O)CN1CCOCC1. The molecule has 0 spiro atoms. The first-order chi connectivity index (χ1) is 14.1. The van der Waals surface area contributed by atoms with Gasteiger partial charge in [-0.05, 0) is 29.8 Å². The lowest BCUT2D eigenvalue weighted by Crippen LogP contribution is -2.45. The molecule has 1 fully saturated rings. The topological polar surface area (TPSA) is 50.1 Å². The number of morpholine rings is 1. The summed E-state index contributed by atoms with van der Waals surface area (Å²) in [6, 6.07) is 10.7. The number of aliphatic hydroxyl groups excluding tert-OH is 1. The molecule has 1 atom stereocenters. The summed E-state index contributed by atoms with van der Waals surface area (Å²) < 4.78 is 26.0. The highest BCUT2D eigenvalue weighted by Crippen LogP contribution is 2.12. The summed E-state index contributed by atoms with van der Waals surface area (Å²) in [6.45, 7) is 7.22. The lowest BCUT2D eigenvalue weighted by molar-refractivity contribution is 0.00419. The Bertz CT molecular complexity index is 716. The van der Waals surface area contributed by atoms with E-state index in [1.54, 1.807) is 7.11 Å². The molecule has 0 aliphatic carbocycles. The van der Waals surface area contributed by atoms with Crippen molar-refractivity contribution < 1.29 is 19.0 Å². The first-order valence-corrected chi connectivity index (χ1v) is 10.2. The zero-order valence-corrected chi connectivity index (χ0v) is 17.2. The first-order valence-electron chi connectivity index (χ1n) is 10.2. The van der Waals surface area contributed by atoms with Gasteiger partial charge in [0.25, 0.3) is 0 Å². The number of hydrogen-bond donors (Lipinski definition) is 1. The Balaban J connectivity index is 1.59. The zero-order chi connectivity index (χ0) is 20.5. The highest BCUT2D eigenvalue weighted by Gasteiger charge is 2.18. The standard InChI is InChI=1S/C22H32FN3O3/c1-28-12-9-25(18-22(27)17-24-10-13-29-14-11-24)16-21-3-2-8-26(21)15-19-4-6-20(23)7-5-19/h2-8,22,27H,9-18H2,1H3/t22-/m1/s1. The second-order valence-electron chi connectivity index (χ2n) is 7.55. The number of ether oxygens (including phenoxy) is 2. The van der Waals surface area contributed by atoms with E-state index in [0.29, 0.717) is 26.2 Å². The van der Waals surface area contributed by atoms with Crippen LogP contribution in [0.2, 0.25) is 0 Å². The fourth-order valence-corrected chi connectivity index (χ4v) is 3.66. The van der Waals surface area contributed by atoms with Gasteiger partial charge in [0, 0.05) is 64.8 Å². The fraction of sp³-hybridized carbons (Fsp3) is 0.545. The summed E-state index contributed by atoms with van der Waals surface area (Å²) >= 11 is 0. The average molecular weight is 406 g/mol. The van der Waals surface area contributed by atoms with Crippen LogP contribution in [0.15, 0.2) is 42.6 Å². The second kappa shape index (κ2) is 11.4. The van der Waals surface area contributed by atoms with E-state index in [1.807, 2.05) is 24.4 Å². The molecule has 1 aromatic heterocycles. The molecule has 0 saturated carbocycles. The average Bonchev–Trinajstić information content (AvgIpc) is 3.15. The lowest BCUT2D eigenvalue weighted by atomic mass is 10.2. The van der Waals surface area contributed by atoms with Gasteiger partial charge in [-0.25, -0.2) is 4.39 Å². The Hall–Kier alpha value is -1.77. The summed E-state index contributed by atoms with van der Waals surface area (Å²) in [7, 11) is 1.69. The summed E-state index contributed by atoms with van der Waals surface area (Å²) in [4.78, 5) is 4.48. The van der Waals surface area contributed by atoms with Crippen molar-refractivity contribution in [3.8, 4) is 0 Å². The Morgan fingerprint density at radius 1 is 1.21 bits per heavy atom. The lowest BCUT2D eigenvalue weighted by Gasteiger charge is -2.31. The molecule has 1 aliphatic heterocycles. The van der Waals surface area contributed by atoms with E-state index in [1.165, 1.54) is 12.1 Å². The monoisotopic (exact) mass is 405 g/mol. The molecule has 7 heteroatoms. The van der Waals surface area contributed by atoms with E-state index in [0.717, 1.165) is 50.7 Å². The number of benzene rings is 1. The molecule has 2 aromatic rings. The maximum atomic E-state index is 13.2. The normalized spacial score (nSPS) is 16.4. The molecule has 2 heterocycles. The molecule has 29 heavy (non-hydrogen) atoms. The van der Waals surface area contributed by atoms with Gasteiger partial charge in [-0.2, -0.15) is 0 Å². The molecule has 0 bridgehead atoms. The largest absolute Gasteiger partial charge is 0.390 e. The molecule has 1 aliphatic rings. The quantitative estimate of drug-likeness (QED) is 0.618. The number of aromatic nitrogens is 1. The molecule has 3 rings (SSSR count). The van der Waals surface area contributed by atoms with Gasteiger partial charge in [-0.3, -0.25) is 9.80 Å². The zero-order valence-electron chi connectivity index (χ0n) is 17.2. The van der Waals surface area contributed by atoms with Crippen LogP contribution < -0.4 is 0 Å². The van der Waals surface area contributed by atoms with Crippen molar-refractivity contribution in [2.75, 3.05) is 59.7 Å². The number of nitrogens with zero attached hydrogens (tertiary/aromatic N) is 3. The van der Waals surface area contributed by atoms with Crippen molar-refractivity contribution in [1.29, 1.82) is 0 Å². The van der Waals surface area contributed by atoms with Crippen LogP contribution in [0.3, 0.4) is 0 Å². The molecule has 6 nitrogen and oxygen atoms in total. The minimum absolute atomic E-state index is 0.221. The minimum Gasteiger partial charge on any atom is -0.390 e. The van der Waals surface area contributed by atoms with Crippen LogP contribution >= 0.6 is 0 Å². The number of halogens is 1. The molecule has 0 radical (unpaired) electrons. The van der Waals surface area contributed by atoms with Crippen LogP contribution in [0, 0.1) is 5.82 Å². The molecule has 1 aromatic carbocycles. The molecule has 160 valence electrons. The smallest absolute Gasteiger partial charge is 0.123 e. The van der Waals surface area contributed by atoms with Gasteiger partial charge in [-0.1, -0.05) is 12.1 Å². The minimum atomic E-state index is -0.425. The number of methoxy groups -OCH3 is 1. The molecule has 1 N–H and O–H groups in total. The Morgan fingerprint density at radius 2 is 1.97 bits per heavy atom. The van der Waals surface area contributed by atoms with E-state index in [4.69, 9.17) is 9.47 Å². The van der Waals surface area contributed by atoms with Gasteiger partial charge in [0.2, 0.25) is 0 Å². The molecular weight excluding hydrogens is 373 g/mol. The molecule has 1 saturated heterocycles. The highest BCUT2D eigenvalue weighted by molar-refractivity contribution is 5.18. The third kappa shape index (κ3) is 7.21. The van der Waals surface area contributed by atoms with E-state index >= 15 is 0 Å². The van der Waals surface area contributed by atoms with Crippen molar-refractivity contribution in [2.45, 2.75) is 19.2 Å². The van der Waals surface area contributed by atoms with Crippen LogP contribution in [-0.4, -0.2) is 85.2 Å². The van der Waals surface area contributed by atoms with Crippen molar-refractivity contribution in [3.05, 3.63) is 59.7 Å². The van der Waals surface area contributed by atoms with Crippen molar-refractivity contribution in [3.63, 3.8) is 0 Å². The van der Waals surface area contributed by atoms with Crippen LogP contribution in [0.5, 0.6) is 0 Å². The van der Waals surface area contributed by atoms with E-state index < -0.39 is 6.10 Å². The number of rotatable bonds is 11. The molecule has 0 amide bonds. The van der Waals surface area contributed by atoms with Gasteiger partial charge in [0.05, 0.1) is 25.9 Å². The summed E-state index contributed by atoms with van der Waals surface area (Å²) in [5.74, 6) is -0.221. The maximum absolute atomic E-state index is 13.2. The van der Waals surface area contributed by atoms with Crippen LogP contribution in [0.25, 0.3) is 0 Å². The third-order valence-corrected chi connectivity index (χ3v) is 5.23. The van der Waals surface area contributed by atoms with Crippen LogP contribution in [0.4, 0.5) is 4.39 Å². The predicted molar refractivity (Wildman–Crippen MR) is 110 cm³/mol. The van der Waals surface area contributed by atoms with E-state index in [2.05, 4.69) is 20.4 Å². The van der Waals surface area contributed by atoms with Gasteiger partial charge in [0.1, 0.15) is 5.82 Å².